The van der Waals surface area contributed by atoms with E-state index in [1.807, 2.05) is 0 Å². The fourth-order valence-electron chi connectivity index (χ4n) is 0. The molecule has 0 aliphatic heterocycles. The van der Waals surface area contributed by atoms with Crippen LogP contribution in [-0.2, 0) is 7.71 Å². The van der Waals surface area contributed by atoms with Crippen LogP contribution in [0.1, 0.15) is 0 Å². The number of alkyl halides is 1. The first kappa shape index (κ1) is 16.9. The maximum Gasteiger partial charge on any atom is 0.236 e. The summed E-state index contributed by atoms with van der Waals surface area (Å²) in [6.07, 6.45) is 0. The topological polar surface area (TPSA) is 26.3 Å². The smallest absolute Gasteiger partial charge is 0.236 e. The molecule has 58 valence electrons. The van der Waals surface area contributed by atoms with E-state index in [0.717, 1.165) is 0 Å². The van der Waals surface area contributed by atoms with Crippen LogP contribution in [0.15, 0.2) is 0 Å². The maximum atomic E-state index is 9.45. The molecule has 9 heavy (non-hydrogen) atoms. The van der Waals surface area contributed by atoms with Gasteiger partial charge in [0.15, 0.2) is 0 Å². The average Bonchev–Trinajstić information content (AvgIpc) is 1.69. The largest absolute Gasteiger partial charge is 0.280 e. The van der Waals surface area contributed by atoms with Gasteiger partial charge in [0.25, 0.3) is 0 Å². The first-order valence-corrected chi connectivity index (χ1v) is 3.53. The van der Waals surface area contributed by atoms with Gasteiger partial charge in [-0.1, -0.05) is 0 Å². The molecule has 0 radical (unpaired) electrons. The average molecular weight is 323 g/mol. The summed E-state index contributed by atoms with van der Waals surface area (Å²) in [7, 11) is 0. The third kappa shape index (κ3) is 42.8. The molecule has 0 N–H and O–H groups in total. The van der Waals surface area contributed by atoms with Crippen LogP contribution in [0.4, 0.5) is 0 Å². The normalized spacial score (nSPS) is 6.22. The van der Waals surface area contributed by atoms with Gasteiger partial charge in [-0.2, -0.15) is 9.90 Å². The van der Waals surface area contributed by atoms with Crippen LogP contribution in [0.5, 0.6) is 0 Å². The summed E-state index contributed by atoms with van der Waals surface area (Å²) in [6.45, 7) is 0. The van der Waals surface area contributed by atoms with Crippen LogP contribution in [0.3, 0.4) is 0 Å². The third-order valence-corrected chi connectivity index (χ3v) is 0.618. The standard InChI is InChI=1S/C2H2Cl2O.Br2O.H3P/c3-1-2(4)5;1-3-2;/h1H2;;1H3. The number of halogens is 4. The minimum atomic E-state index is -0.508. The van der Waals surface area contributed by atoms with E-state index in [0.29, 0.717) is 0 Å². The Bertz CT molecular complexity index is 64.5. The van der Waals surface area contributed by atoms with Crippen molar-refractivity contribution in [2.45, 2.75) is 0 Å². The quantitative estimate of drug-likeness (QED) is 0.421. The van der Waals surface area contributed by atoms with E-state index >= 15 is 0 Å². The molecule has 0 aliphatic rings. The van der Waals surface area contributed by atoms with Crippen LogP contribution < -0.4 is 0 Å². The molecule has 0 aromatic heterocycles. The molecule has 1 unspecified atom stereocenters. The first-order chi connectivity index (χ1) is 3.68. The van der Waals surface area contributed by atoms with Gasteiger partial charge in [-0.3, -0.25) is 4.79 Å². The van der Waals surface area contributed by atoms with E-state index in [4.69, 9.17) is 23.2 Å². The summed E-state index contributed by atoms with van der Waals surface area (Å²) >= 11 is 14.7. The SMILES string of the molecule is BrOBr.O=C(Cl)CCl.P. The second-order valence-electron chi connectivity index (χ2n) is 0.547. The van der Waals surface area contributed by atoms with Crippen molar-refractivity contribution in [3.8, 4) is 0 Å². The van der Waals surface area contributed by atoms with Crippen molar-refractivity contribution in [3.05, 3.63) is 0 Å². The number of carbonyl (C=O) groups excluding carboxylic acids is 1. The third-order valence-electron chi connectivity index (χ3n) is 0.105. The van der Waals surface area contributed by atoms with Crippen molar-refractivity contribution in [1.29, 1.82) is 0 Å². The van der Waals surface area contributed by atoms with Gasteiger partial charge in [0.2, 0.25) is 5.24 Å². The Morgan fingerprint density at radius 1 is 1.56 bits per heavy atom. The Balaban J connectivity index is -0.0000000800. The fraction of sp³-hybridized carbons (Fsp3) is 0.500. The second kappa shape index (κ2) is 16.3. The van der Waals surface area contributed by atoms with Gasteiger partial charge in [0.1, 0.15) is 32.5 Å². The van der Waals surface area contributed by atoms with E-state index in [-0.39, 0.29) is 15.8 Å². The first-order valence-electron chi connectivity index (χ1n) is 1.32. The molecule has 0 heterocycles. The summed E-state index contributed by atoms with van der Waals surface area (Å²) in [5.41, 5.74) is 0. The van der Waals surface area contributed by atoms with Crippen LogP contribution in [0.25, 0.3) is 0 Å². The Hall–Kier alpha value is 1.60. The molecular formula is C2H5Br2Cl2O2P. The van der Waals surface area contributed by atoms with Gasteiger partial charge in [-0.15, -0.1) is 11.6 Å². The van der Waals surface area contributed by atoms with Crippen molar-refractivity contribution < 1.29 is 7.71 Å². The highest BCUT2D eigenvalue weighted by atomic mass is 79.9. The molecule has 0 aliphatic carbocycles. The summed E-state index contributed by atoms with van der Waals surface area (Å²) < 4.78 is 3.88. The fourth-order valence-corrected chi connectivity index (χ4v) is 0. The van der Waals surface area contributed by atoms with Gasteiger partial charge >= 0.3 is 0 Å². The maximum absolute atomic E-state index is 9.45. The van der Waals surface area contributed by atoms with E-state index in [1.165, 1.54) is 0 Å². The predicted octanol–water partition coefficient (Wildman–Crippen LogP) is 2.67. The summed E-state index contributed by atoms with van der Waals surface area (Å²) in [5, 5.41) is -0.508. The Morgan fingerprint density at radius 2 is 1.67 bits per heavy atom. The molecule has 0 aromatic carbocycles. The second-order valence-corrected chi connectivity index (χ2v) is 2.75. The van der Waals surface area contributed by atoms with Crippen LogP contribution in [0.2, 0.25) is 0 Å². The zero-order chi connectivity index (χ0) is 6.99. The number of hydrogen-bond acceptors (Lipinski definition) is 2. The van der Waals surface area contributed by atoms with Crippen molar-refractivity contribution in [3.63, 3.8) is 0 Å². The van der Waals surface area contributed by atoms with Crippen molar-refractivity contribution in [2.24, 2.45) is 0 Å². The minimum absolute atomic E-state index is 0. The highest BCUT2D eigenvalue weighted by Crippen LogP contribution is 1.88. The van der Waals surface area contributed by atoms with E-state index in [9.17, 15) is 4.79 Å². The number of carbonyl (C=O) groups is 1. The Labute approximate surface area is 84.1 Å². The van der Waals surface area contributed by atoms with E-state index < -0.39 is 5.24 Å². The van der Waals surface area contributed by atoms with E-state index in [1.54, 1.807) is 0 Å². The lowest BCUT2D eigenvalue weighted by atomic mass is 10.9. The molecule has 0 bridgehead atoms. The van der Waals surface area contributed by atoms with Gasteiger partial charge in [0.05, 0.1) is 5.88 Å². The lowest BCUT2D eigenvalue weighted by Crippen LogP contribution is -1.81. The molecule has 0 aromatic rings. The molecule has 0 fully saturated rings. The Kier molecular flexibility index (Phi) is 30.6. The highest BCUT2D eigenvalue weighted by Gasteiger charge is 1.83. The van der Waals surface area contributed by atoms with Crippen LogP contribution in [0, 0.1) is 0 Å². The van der Waals surface area contributed by atoms with Gasteiger partial charge in [-0.25, -0.2) is 2.92 Å². The van der Waals surface area contributed by atoms with Crippen molar-refractivity contribution in [1.82, 2.24) is 0 Å². The van der Waals surface area contributed by atoms with Crippen LogP contribution in [-0.4, -0.2) is 11.1 Å². The zero-order valence-corrected chi connectivity index (χ0v) is 10.3. The van der Waals surface area contributed by atoms with Gasteiger partial charge in [0, 0.05) is 0 Å². The molecule has 0 saturated carbocycles. The van der Waals surface area contributed by atoms with Gasteiger partial charge < -0.3 is 0 Å². The molecule has 1 atom stereocenters. The van der Waals surface area contributed by atoms with Crippen molar-refractivity contribution >= 4 is 70.9 Å². The molecular weight excluding hydrogens is 318 g/mol. The van der Waals surface area contributed by atoms with E-state index in [2.05, 4.69) is 35.4 Å². The molecule has 0 spiro atoms. The summed E-state index contributed by atoms with van der Waals surface area (Å²) in [6, 6.07) is 0. The van der Waals surface area contributed by atoms with Gasteiger partial charge in [-0.05, 0) is 11.6 Å². The van der Waals surface area contributed by atoms with Crippen molar-refractivity contribution in [2.75, 3.05) is 5.88 Å². The molecule has 0 saturated heterocycles. The molecule has 0 amide bonds. The Morgan fingerprint density at radius 3 is 1.67 bits per heavy atom. The molecule has 0 rings (SSSR count). The predicted molar refractivity (Wildman–Crippen MR) is 51.6 cm³/mol. The lowest BCUT2D eigenvalue weighted by molar-refractivity contribution is -0.109. The summed E-state index contributed by atoms with van der Waals surface area (Å²) in [5.74, 6) is -0.0957. The lowest BCUT2D eigenvalue weighted by Gasteiger charge is -1.65. The minimum Gasteiger partial charge on any atom is -0.280 e. The summed E-state index contributed by atoms with van der Waals surface area (Å²) in [4.78, 5) is 9.45. The molecule has 2 nitrogen and oxygen atoms in total. The monoisotopic (exact) mass is 320 g/mol. The van der Waals surface area contributed by atoms with Crippen LogP contribution >= 0.6 is 65.6 Å². The number of hydrogen-bond donors (Lipinski definition) is 0. The zero-order valence-electron chi connectivity index (χ0n) is 4.24. The highest BCUT2D eigenvalue weighted by molar-refractivity contribution is 9.18. The molecule has 7 heteroatoms. The number of rotatable bonds is 1.